The van der Waals surface area contributed by atoms with Crippen LogP contribution in [0.5, 0.6) is 5.75 Å². The summed E-state index contributed by atoms with van der Waals surface area (Å²) in [6.07, 6.45) is 3.54. The van der Waals surface area contributed by atoms with E-state index in [9.17, 15) is 4.39 Å². The summed E-state index contributed by atoms with van der Waals surface area (Å²) >= 11 is 0. The molecule has 4 heteroatoms. The molecule has 1 aliphatic rings. The Hall–Kier alpha value is -1.29. The van der Waals surface area contributed by atoms with Crippen molar-refractivity contribution in [2.45, 2.75) is 32.2 Å². The number of benzene rings is 1. The highest BCUT2D eigenvalue weighted by atomic mass is 19.1. The molecule has 0 radical (unpaired) electrons. The Labute approximate surface area is 114 Å². The van der Waals surface area contributed by atoms with E-state index in [0.29, 0.717) is 11.8 Å². The van der Waals surface area contributed by atoms with E-state index in [2.05, 4.69) is 17.1 Å². The second kappa shape index (κ2) is 6.75. The zero-order valence-corrected chi connectivity index (χ0v) is 11.8. The van der Waals surface area contributed by atoms with Crippen LogP contribution in [-0.2, 0) is 0 Å². The molecular weight excluding hydrogens is 243 g/mol. The van der Waals surface area contributed by atoms with Gasteiger partial charge in [-0.25, -0.2) is 4.39 Å². The third-order valence-corrected chi connectivity index (χ3v) is 3.60. The Balaban J connectivity index is 2.04. The molecule has 2 rings (SSSR count). The van der Waals surface area contributed by atoms with Gasteiger partial charge in [-0.05, 0) is 37.9 Å². The number of nitrogens with zero attached hydrogens (tertiary/aromatic N) is 1. The summed E-state index contributed by atoms with van der Waals surface area (Å²) in [6.45, 7) is 5.25. The highest BCUT2D eigenvalue weighted by Crippen LogP contribution is 2.26. The van der Waals surface area contributed by atoms with Crippen molar-refractivity contribution in [3.63, 3.8) is 0 Å². The van der Waals surface area contributed by atoms with Crippen molar-refractivity contribution in [2.75, 3.05) is 31.6 Å². The van der Waals surface area contributed by atoms with E-state index in [-0.39, 0.29) is 5.82 Å². The van der Waals surface area contributed by atoms with Gasteiger partial charge in [0.05, 0.1) is 7.11 Å². The molecular formula is C15H23FN2O. The fourth-order valence-corrected chi connectivity index (χ4v) is 2.57. The normalized spacial score (nSPS) is 19.5. The van der Waals surface area contributed by atoms with Gasteiger partial charge in [0.15, 0.2) is 11.6 Å². The molecule has 1 aromatic carbocycles. The lowest BCUT2D eigenvalue weighted by atomic mass is 10.0. The smallest absolute Gasteiger partial charge is 0.165 e. The molecule has 3 nitrogen and oxygen atoms in total. The van der Waals surface area contributed by atoms with Crippen molar-refractivity contribution in [3.05, 3.63) is 24.0 Å². The van der Waals surface area contributed by atoms with Crippen LogP contribution >= 0.6 is 0 Å². The van der Waals surface area contributed by atoms with Crippen LogP contribution in [0.25, 0.3) is 0 Å². The first-order valence-corrected chi connectivity index (χ1v) is 7.06. The first kappa shape index (κ1) is 14.1. The van der Waals surface area contributed by atoms with E-state index in [0.717, 1.165) is 31.7 Å². The zero-order valence-electron chi connectivity index (χ0n) is 11.8. The third kappa shape index (κ3) is 3.60. The van der Waals surface area contributed by atoms with Gasteiger partial charge in [0.25, 0.3) is 0 Å². The van der Waals surface area contributed by atoms with Crippen molar-refractivity contribution in [1.29, 1.82) is 0 Å². The van der Waals surface area contributed by atoms with E-state index in [1.165, 1.54) is 26.0 Å². The average Bonchev–Trinajstić information content (AvgIpc) is 2.46. The Morgan fingerprint density at radius 2 is 2.32 bits per heavy atom. The van der Waals surface area contributed by atoms with Crippen LogP contribution in [0, 0.1) is 5.82 Å². The molecule has 0 aromatic heterocycles. The summed E-state index contributed by atoms with van der Waals surface area (Å²) in [5.41, 5.74) is 1.04. The SMILES string of the molecule is CCCNC1CCCN(c2ccc(F)c(OC)c2)C1. The maximum atomic E-state index is 13.4. The lowest BCUT2D eigenvalue weighted by Crippen LogP contribution is -2.46. The molecule has 0 saturated carbocycles. The number of rotatable bonds is 5. The number of ether oxygens (including phenoxy) is 1. The van der Waals surface area contributed by atoms with Gasteiger partial charge in [0.2, 0.25) is 0 Å². The van der Waals surface area contributed by atoms with Crippen LogP contribution in [-0.4, -0.2) is 32.8 Å². The molecule has 1 N–H and O–H groups in total. The highest BCUT2D eigenvalue weighted by molar-refractivity contribution is 5.51. The Morgan fingerprint density at radius 3 is 3.05 bits per heavy atom. The summed E-state index contributed by atoms with van der Waals surface area (Å²) in [5, 5.41) is 3.56. The first-order chi connectivity index (χ1) is 9.24. The van der Waals surface area contributed by atoms with Gasteiger partial charge in [-0.15, -0.1) is 0 Å². The summed E-state index contributed by atoms with van der Waals surface area (Å²) in [4.78, 5) is 2.30. The van der Waals surface area contributed by atoms with E-state index in [1.54, 1.807) is 6.07 Å². The molecule has 0 amide bonds. The number of methoxy groups -OCH3 is 1. The molecule has 1 atom stereocenters. The number of halogens is 1. The van der Waals surface area contributed by atoms with Gasteiger partial charge in [-0.1, -0.05) is 6.92 Å². The zero-order chi connectivity index (χ0) is 13.7. The monoisotopic (exact) mass is 266 g/mol. The van der Waals surface area contributed by atoms with Crippen molar-refractivity contribution in [1.82, 2.24) is 5.32 Å². The van der Waals surface area contributed by atoms with Crippen LogP contribution in [0.3, 0.4) is 0 Å². The standard InChI is InChI=1S/C15H23FN2O/c1-3-8-17-12-5-4-9-18(11-12)13-6-7-14(16)15(10-13)19-2/h6-7,10,12,17H,3-5,8-9,11H2,1-2H3. The quantitative estimate of drug-likeness (QED) is 0.887. The number of nitrogens with one attached hydrogen (secondary N) is 1. The minimum absolute atomic E-state index is 0.302. The van der Waals surface area contributed by atoms with Crippen molar-refractivity contribution in [3.8, 4) is 5.75 Å². The lowest BCUT2D eigenvalue weighted by molar-refractivity contribution is 0.385. The minimum atomic E-state index is -0.302. The maximum absolute atomic E-state index is 13.4. The molecule has 0 spiro atoms. The summed E-state index contributed by atoms with van der Waals surface area (Å²) < 4.78 is 18.5. The maximum Gasteiger partial charge on any atom is 0.165 e. The molecule has 1 heterocycles. The topological polar surface area (TPSA) is 24.5 Å². The first-order valence-electron chi connectivity index (χ1n) is 7.06. The molecule has 1 saturated heterocycles. The van der Waals surface area contributed by atoms with Gasteiger partial charge >= 0.3 is 0 Å². The van der Waals surface area contributed by atoms with Crippen LogP contribution in [0.15, 0.2) is 18.2 Å². The van der Waals surface area contributed by atoms with E-state index in [4.69, 9.17) is 4.74 Å². The van der Waals surface area contributed by atoms with Gasteiger partial charge in [-0.3, -0.25) is 0 Å². The Bertz CT molecular complexity index is 411. The molecule has 0 bridgehead atoms. The van der Waals surface area contributed by atoms with Crippen LogP contribution < -0.4 is 15.0 Å². The third-order valence-electron chi connectivity index (χ3n) is 3.60. The number of hydrogen-bond donors (Lipinski definition) is 1. The van der Waals surface area contributed by atoms with Crippen molar-refractivity contribution >= 4 is 5.69 Å². The molecule has 1 unspecified atom stereocenters. The highest BCUT2D eigenvalue weighted by Gasteiger charge is 2.20. The molecule has 106 valence electrons. The minimum Gasteiger partial charge on any atom is -0.494 e. The van der Waals surface area contributed by atoms with Crippen LogP contribution in [0.1, 0.15) is 26.2 Å². The Morgan fingerprint density at radius 1 is 1.47 bits per heavy atom. The molecule has 1 fully saturated rings. The van der Waals surface area contributed by atoms with E-state index < -0.39 is 0 Å². The molecule has 1 aromatic rings. The van der Waals surface area contributed by atoms with E-state index in [1.807, 2.05) is 6.07 Å². The predicted octanol–water partition coefficient (Wildman–Crippen LogP) is 2.80. The van der Waals surface area contributed by atoms with E-state index >= 15 is 0 Å². The van der Waals surface area contributed by atoms with Crippen molar-refractivity contribution in [2.24, 2.45) is 0 Å². The second-order valence-corrected chi connectivity index (χ2v) is 5.06. The summed E-state index contributed by atoms with van der Waals surface area (Å²) in [6, 6.07) is 5.64. The molecule has 0 aliphatic carbocycles. The number of anilines is 1. The summed E-state index contributed by atoms with van der Waals surface area (Å²) in [5.74, 6) is 0.0186. The molecule has 1 aliphatic heterocycles. The second-order valence-electron chi connectivity index (χ2n) is 5.06. The number of piperidine rings is 1. The van der Waals surface area contributed by atoms with Gasteiger partial charge < -0.3 is 15.0 Å². The predicted molar refractivity (Wildman–Crippen MR) is 76.5 cm³/mol. The molecule has 19 heavy (non-hydrogen) atoms. The van der Waals surface area contributed by atoms with Gasteiger partial charge in [0.1, 0.15) is 0 Å². The largest absolute Gasteiger partial charge is 0.494 e. The average molecular weight is 266 g/mol. The van der Waals surface area contributed by atoms with Crippen LogP contribution in [0.4, 0.5) is 10.1 Å². The van der Waals surface area contributed by atoms with Gasteiger partial charge in [-0.2, -0.15) is 0 Å². The Kier molecular flexibility index (Phi) is 5.02. The fourth-order valence-electron chi connectivity index (χ4n) is 2.57. The van der Waals surface area contributed by atoms with Crippen LogP contribution in [0.2, 0.25) is 0 Å². The lowest BCUT2D eigenvalue weighted by Gasteiger charge is -2.35. The summed E-state index contributed by atoms with van der Waals surface area (Å²) in [7, 11) is 1.50. The number of hydrogen-bond acceptors (Lipinski definition) is 3. The fraction of sp³-hybridized carbons (Fsp3) is 0.600. The van der Waals surface area contributed by atoms with Crippen molar-refractivity contribution < 1.29 is 9.13 Å². The van der Waals surface area contributed by atoms with Gasteiger partial charge in [0, 0.05) is 30.9 Å².